The van der Waals surface area contributed by atoms with Crippen molar-refractivity contribution >= 4 is 5.97 Å². The lowest BCUT2D eigenvalue weighted by Gasteiger charge is -2.20. The van der Waals surface area contributed by atoms with Crippen molar-refractivity contribution in [2.75, 3.05) is 0 Å². The molecule has 0 radical (unpaired) electrons. The summed E-state index contributed by atoms with van der Waals surface area (Å²) in [5.41, 5.74) is 2.19. The van der Waals surface area contributed by atoms with Gasteiger partial charge in [-0.2, -0.15) is 0 Å². The van der Waals surface area contributed by atoms with Crippen LogP contribution in [0.5, 0.6) is 0 Å². The van der Waals surface area contributed by atoms with E-state index >= 15 is 0 Å². The molecule has 0 aromatic carbocycles. The van der Waals surface area contributed by atoms with Gasteiger partial charge in [-0.15, -0.1) is 4.91 Å². The molecule has 0 spiro atoms. The lowest BCUT2D eigenvalue weighted by atomic mass is 10.1. The molecule has 5 nitrogen and oxygen atoms in total. The number of rotatable bonds is 5. The first-order valence-corrected chi connectivity index (χ1v) is 3.86. The minimum absolute atomic E-state index is 0.0756. The lowest BCUT2D eigenvalue weighted by molar-refractivity contribution is -0.150. The topological polar surface area (TPSA) is 67.8 Å². The molecular weight excluding hydrogens is 160 g/mol. The molecule has 0 aromatic rings. The van der Waals surface area contributed by atoms with Crippen LogP contribution in [-0.2, 0) is 9.53 Å². The van der Waals surface area contributed by atoms with E-state index in [1.165, 1.54) is 6.92 Å². The Hall–Kier alpha value is -1.13. The number of hydrogen-bond donors (Lipinski definition) is 1. The standard InChI is InChI=1S/C7H14N2O3/c1-4-5(2)7(8-9-11)12-6(3)10/h5,7H,4H2,1-3H3,(H,8,11). The summed E-state index contributed by atoms with van der Waals surface area (Å²) in [5, 5.41) is 2.48. The van der Waals surface area contributed by atoms with Gasteiger partial charge in [0.05, 0.1) is 5.29 Å². The fourth-order valence-electron chi connectivity index (χ4n) is 0.715. The minimum atomic E-state index is -0.606. The number of carbonyl (C=O) groups excluding carboxylic acids is 1. The molecule has 2 unspecified atom stereocenters. The third-order valence-corrected chi connectivity index (χ3v) is 1.63. The van der Waals surface area contributed by atoms with Gasteiger partial charge in [0.15, 0.2) is 6.23 Å². The van der Waals surface area contributed by atoms with E-state index in [0.29, 0.717) is 0 Å². The van der Waals surface area contributed by atoms with E-state index in [1.54, 1.807) is 0 Å². The molecule has 0 bridgehead atoms. The first kappa shape index (κ1) is 10.9. The van der Waals surface area contributed by atoms with Crippen molar-refractivity contribution in [1.82, 2.24) is 5.43 Å². The monoisotopic (exact) mass is 174 g/mol. The predicted molar refractivity (Wildman–Crippen MR) is 43.9 cm³/mol. The molecule has 0 heterocycles. The Labute approximate surface area is 71.4 Å². The van der Waals surface area contributed by atoms with Gasteiger partial charge in [-0.1, -0.05) is 13.8 Å². The van der Waals surface area contributed by atoms with E-state index in [9.17, 15) is 9.70 Å². The van der Waals surface area contributed by atoms with Crippen molar-refractivity contribution < 1.29 is 9.53 Å². The van der Waals surface area contributed by atoms with Gasteiger partial charge in [0.1, 0.15) is 0 Å². The summed E-state index contributed by atoms with van der Waals surface area (Å²) in [4.78, 5) is 20.4. The second-order valence-corrected chi connectivity index (χ2v) is 2.64. The number of nitrogens with one attached hydrogen (secondary N) is 1. The highest BCUT2D eigenvalue weighted by Crippen LogP contribution is 2.08. The second-order valence-electron chi connectivity index (χ2n) is 2.64. The van der Waals surface area contributed by atoms with Crippen molar-refractivity contribution in [1.29, 1.82) is 0 Å². The van der Waals surface area contributed by atoms with E-state index in [1.807, 2.05) is 13.8 Å². The van der Waals surface area contributed by atoms with Crippen LogP contribution in [0.2, 0.25) is 0 Å². The Balaban J connectivity index is 4.01. The molecule has 2 atom stereocenters. The van der Waals surface area contributed by atoms with Crippen molar-refractivity contribution in [3.63, 3.8) is 0 Å². The molecule has 70 valence electrons. The largest absolute Gasteiger partial charge is 0.440 e. The van der Waals surface area contributed by atoms with Gasteiger partial charge in [-0.25, -0.2) is 5.43 Å². The Bertz CT molecular complexity index is 161. The third-order valence-electron chi connectivity index (χ3n) is 1.63. The number of ether oxygens (including phenoxy) is 1. The maximum Gasteiger partial charge on any atom is 0.304 e. The van der Waals surface area contributed by atoms with Crippen LogP contribution in [0.3, 0.4) is 0 Å². The minimum Gasteiger partial charge on any atom is -0.440 e. The first-order valence-electron chi connectivity index (χ1n) is 3.86. The van der Waals surface area contributed by atoms with Crippen LogP contribution in [0.1, 0.15) is 27.2 Å². The first-order chi connectivity index (χ1) is 5.61. The lowest BCUT2D eigenvalue weighted by Crippen LogP contribution is -2.35. The van der Waals surface area contributed by atoms with Gasteiger partial charge in [-0.05, 0) is 6.42 Å². The SMILES string of the molecule is CCC(C)C(NN=O)OC(C)=O. The number of nitroso groups, excluding NO2 is 1. The molecule has 0 aromatic heterocycles. The second kappa shape index (κ2) is 5.51. The normalized spacial score (nSPS) is 14.6. The molecule has 0 aliphatic carbocycles. The van der Waals surface area contributed by atoms with Gasteiger partial charge in [-0.3, -0.25) is 4.79 Å². The zero-order valence-corrected chi connectivity index (χ0v) is 7.53. The zero-order chi connectivity index (χ0) is 9.56. The summed E-state index contributed by atoms with van der Waals surface area (Å²) in [6.07, 6.45) is 0.200. The molecule has 0 amide bonds. The molecule has 0 aliphatic heterocycles. The predicted octanol–water partition coefficient (Wildman–Crippen LogP) is 1.19. The maximum atomic E-state index is 10.5. The molecule has 0 saturated carbocycles. The maximum absolute atomic E-state index is 10.5. The van der Waals surface area contributed by atoms with Crippen LogP contribution in [-0.4, -0.2) is 12.2 Å². The van der Waals surface area contributed by atoms with Crippen LogP contribution in [0.15, 0.2) is 5.29 Å². The summed E-state index contributed by atoms with van der Waals surface area (Å²) in [6.45, 7) is 5.10. The number of hydrogen-bond acceptors (Lipinski definition) is 4. The van der Waals surface area contributed by atoms with Gasteiger partial charge >= 0.3 is 5.97 Å². The fourth-order valence-corrected chi connectivity index (χ4v) is 0.715. The van der Waals surface area contributed by atoms with E-state index in [4.69, 9.17) is 4.74 Å². The average Bonchev–Trinajstić information content (AvgIpc) is 2.01. The summed E-state index contributed by atoms with van der Waals surface area (Å²) in [5.74, 6) is -0.344. The van der Waals surface area contributed by atoms with Crippen LogP contribution in [0.4, 0.5) is 0 Å². The van der Waals surface area contributed by atoms with Crippen LogP contribution >= 0.6 is 0 Å². The van der Waals surface area contributed by atoms with Gasteiger partial charge in [0, 0.05) is 12.8 Å². The Morgan fingerprint density at radius 3 is 2.58 bits per heavy atom. The van der Waals surface area contributed by atoms with Crippen molar-refractivity contribution in [3.05, 3.63) is 4.91 Å². The molecule has 1 N–H and O–H groups in total. The fraction of sp³-hybridized carbons (Fsp3) is 0.857. The van der Waals surface area contributed by atoms with Crippen molar-refractivity contribution in [3.8, 4) is 0 Å². The van der Waals surface area contributed by atoms with E-state index < -0.39 is 12.2 Å². The molecule has 0 saturated heterocycles. The highest BCUT2D eigenvalue weighted by atomic mass is 16.6. The van der Waals surface area contributed by atoms with Gasteiger partial charge in [0.2, 0.25) is 0 Å². The summed E-state index contributed by atoms with van der Waals surface area (Å²) in [7, 11) is 0. The summed E-state index contributed by atoms with van der Waals surface area (Å²) in [6, 6.07) is 0. The molecule has 0 rings (SSSR count). The molecule has 0 aliphatic rings. The molecule has 0 fully saturated rings. The third kappa shape index (κ3) is 3.90. The van der Waals surface area contributed by atoms with Crippen molar-refractivity contribution in [2.45, 2.75) is 33.4 Å². The Morgan fingerprint density at radius 1 is 1.67 bits per heavy atom. The zero-order valence-electron chi connectivity index (χ0n) is 7.53. The van der Waals surface area contributed by atoms with Gasteiger partial charge < -0.3 is 4.74 Å². The van der Waals surface area contributed by atoms with E-state index in [-0.39, 0.29) is 5.92 Å². The number of nitrogens with zero attached hydrogens (tertiary/aromatic N) is 1. The van der Waals surface area contributed by atoms with E-state index in [0.717, 1.165) is 6.42 Å². The smallest absolute Gasteiger partial charge is 0.304 e. The molecule has 5 heteroatoms. The number of carbonyl (C=O) groups is 1. The van der Waals surface area contributed by atoms with Gasteiger partial charge in [0.25, 0.3) is 0 Å². The van der Waals surface area contributed by atoms with Crippen molar-refractivity contribution in [2.24, 2.45) is 11.2 Å². The molecule has 12 heavy (non-hydrogen) atoms. The number of esters is 1. The summed E-state index contributed by atoms with van der Waals surface area (Å²) >= 11 is 0. The average molecular weight is 174 g/mol. The van der Waals surface area contributed by atoms with Crippen LogP contribution in [0, 0.1) is 10.8 Å². The van der Waals surface area contributed by atoms with Crippen LogP contribution in [0.25, 0.3) is 0 Å². The quantitative estimate of drug-likeness (QED) is 0.294. The molecular formula is C7H14N2O3. The Kier molecular flexibility index (Phi) is 4.99. The Morgan fingerprint density at radius 2 is 2.25 bits per heavy atom. The van der Waals surface area contributed by atoms with Crippen LogP contribution < -0.4 is 5.43 Å². The highest BCUT2D eigenvalue weighted by molar-refractivity contribution is 5.66. The highest BCUT2D eigenvalue weighted by Gasteiger charge is 2.17. The van der Waals surface area contributed by atoms with E-state index in [2.05, 4.69) is 10.7 Å². The summed E-state index contributed by atoms with van der Waals surface area (Å²) < 4.78 is 4.80.